The van der Waals surface area contributed by atoms with E-state index < -0.39 is 0 Å². The fraction of sp³-hybridized carbons (Fsp3) is 0.333. The standard InChI is InChI=1S/C21H24N2O4/c1-15(24)19-14-18(6-7-20(19)25)16-2-4-17(5-3-16)21(26)22-8-9-23-10-12-27-13-11-23/h2-7,14,25H,8-13H2,1H3,(H,22,26). The Morgan fingerprint density at radius 2 is 1.74 bits per heavy atom. The summed E-state index contributed by atoms with van der Waals surface area (Å²) in [5.74, 6) is -0.321. The van der Waals surface area contributed by atoms with Crippen LogP contribution in [0.1, 0.15) is 27.6 Å². The number of hydrogen-bond acceptors (Lipinski definition) is 5. The molecule has 2 aromatic rings. The van der Waals surface area contributed by atoms with Gasteiger partial charge in [0.05, 0.1) is 18.8 Å². The Morgan fingerprint density at radius 1 is 1.07 bits per heavy atom. The van der Waals surface area contributed by atoms with Crippen LogP contribution in [0, 0.1) is 0 Å². The van der Waals surface area contributed by atoms with Crippen LogP contribution in [-0.2, 0) is 4.74 Å². The average molecular weight is 368 g/mol. The van der Waals surface area contributed by atoms with Gasteiger partial charge in [-0.15, -0.1) is 0 Å². The molecule has 6 heteroatoms. The molecule has 1 amide bonds. The Labute approximate surface area is 158 Å². The number of nitrogens with one attached hydrogen (secondary N) is 1. The van der Waals surface area contributed by atoms with Gasteiger partial charge in [-0.2, -0.15) is 0 Å². The van der Waals surface area contributed by atoms with Crippen LogP contribution in [0.5, 0.6) is 5.75 Å². The fourth-order valence-electron chi connectivity index (χ4n) is 3.07. The Hall–Kier alpha value is -2.70. The summed E-state index contributed by atoms with van der Waals surface area (Å²) in [6.45, 7) is 6.13. The van der Waals surface area contributed by atoms with Crippen LogP contribution in [0.25, 0.3) is 11.1 Å². The molecule has 1 heterocycles. The van der Waals surface area contributed by atoms with Gasteiger partial charge >= 0.3 is 0 Å². The van der Waals surface area contributed by atoms with Gasteiger partial charge in [-0.1, -0.05) is 18.2 Å². The number of rotatable bonds is 6. The van der Waals surface area contributed by atoms with E-state index in [0.717, 1.165) is 44.0 Å². The second kappa shape index (κ2) is 8.79. The number of phenols is 1. The van der Waals surface area contributed by atoms with Crippen molar-refractivity contribution in [2.24, 2.45) is 0 Å². The lowest BCUT2D eigenvalue weighted by Crippen LogP contribution is -2.41. The van der Waals surface area contributed by atoms with Crippen molar-refractivity contribution < 1.29 is 19.4 Å². The molecule has 1 aliphatic heterocycles. The Balaban J connectivity index is 1.60. The number of nitrogens with zero attached hydrogens (tertiary/aromatic N) is 1. The SMILES string of the molecule is CC(=O)c1cc(-c2ccc(C(=O)NCCN3CCOCC3)cc2)ccc1O. The highest BCUT2D eigenvalue weighted by Gasteiger charge is 2.12. The molecule has 6 nitrogen and oxygen atoms in total. The van der Waals surface area contributed by atoms with E-state index in [1.165, 1.54) is 13.0 Å². The number of benzene rings is 2. The van der Waals surface area contributed by atoms with Gasteiger partial charge in [0.2, 0.25) is 0 Å². The molecule has 0 spiro atoms. The van der Waals surface area contributed by atoms with E-state index in [9.17, 15) is 14.7 Å². The van der Waals surface area contributed by atoms with E-state index in [1.54, 1.807) is 24.3 Å². The zero-order valence-corrected chi connectivity index (χ0v) is 15.4. The highest BCUT2D eigenvalue weighted by atomic mass is 16.5. The monoisotopic (exact) mass is 368 g/mol. The number of carbonyl (C=O) groups excluding carboxylic acids is 2. The van der Waals surface area contributed by atoms with Crippen LogP contribution < -0.4 is 5.32 Å². The van der Waals surface area contributed by atoms with Gasteiger partial charge in [0.25, 0.3) is 5.91 Å². The largest absolute Gasteiger partial charge is 0.507 e. The molecule has 1 aliphatic rings. The Bertz CT molecular complexity index is 811. The Kier molecular flexibility index (Phi) is 6.21. The molecule has 27 heavy (non-hydrogen) atoms. The summed E-state index contributed by atoms with van der Waals surface area (Å²) in [6.07, 6.45) is 0. The third-order valence-corrected chi connectivity index (χ3v) is 4.67. The van der Waals surface area contributed by atoms with Gasteiger partial charge in [-0.3, -0.25) is 14.5 Å². The van der Waals surface area contributed by atoms with Gasteiger partial charge < -0.3 is 15.2 Å². The van der Waals surface area contributed by atoms with Crippen LogP contribution in [0.3, 0.4) is 0 Å². The highest BCUT2D eigenvalue weighted by Crippen LogP contribution is 2.26. The lowest BCUT2D eigenvalue weighted by Gasteiger charge is -2.26. The molecule has 0 unspecified atom stereocenters. The maximum absolute atomic E-state index is 12.3. The predicted octanol–water partition coefficient (Wildman–Crippen LogP) is 2.32. The molecule has 1 saturated heterocycles. The lowest BCUT2D eigenvalue weighted by atomic mass is 10.00. The van der Waals surface area contributed by atoms with Crippen LogP contribution in [0.4, 0.5) is 0 Å². The van der Waals surface area contributed by atoms with E-state index in [4.69, 9.17) is 4.74 Å². The van der Waals surface area contributed by atoms with Gasteiger partial charge in [0, 0.05) is 31.7 Å². The summed E-state index contributed by atoms with van der Waals surface area (Å²) < 4.78 is 5.31. The van der Waals surface area contributed by atoms with Crippen molar-refractivity contribution in [3.63, 3.8) is 0 Å². The molecule has 0 radical (unpaired) electrons. The molecule has 0 atom stereocenters. The molecule has 0 aliphatic carbocycles. The first-order valence-corrected chi connectivity index (χ1v) is 9.07. The molecular weight excluding hydrogens is 344 g/mol. The number of ether oxygens (including phenoxy) is 1. The number of amides is 1. The van der Waals surface area contributed by atoms with E-state index in [1.807, 2.05) is 12.1 Å². The number of morpholine rings is 1. The maximum atomic E-state index is 12.3. The first kappa shape index (κ1) is 19.1. The van der Waals surface area contributed by atoms with Crippen molar-refractivity contribution >= 4 is 11.7 Å². The first-order chi connectivity index (χ1) is 13.0. The van der Waals surface area contributed by atoms with Crippen molar-refractivity contribution in [3.8, 4) is 16.9 Å². The molecule has 1 fully saturated rings. The topological polar surface area (TPSA) is 78.9 Å². The molecule has 3 rings (SSSR count). The predicted molar refractivity (Wildman–Crippen MR) is 103 cm³/mol. The average Bonchev–Trinajstić information content (AvgIpc) is 2.69. The molecule has 0 aromatic heterocycles. The Morgan fingerprint density at radius 3 is 2.41 bits per heavy atom. The fourth-order valence-corrected chi connectivity index (χ4v) is 3.07. The van der Waals surface area contributed by atoms with Crippen molar-refractivity contribution in [1.82, 2.24) is 10.2 Å². The van der Waals surface area contributed by atoms with Crippen LogP contribution >= 0.6 is 0 Å². The number of aromatic hydroxyl groups is 1. The minimum absolute atomic E-state index is 0.0254. The van der Waals surface area contributed by atoms with Crippen LogP contribution in [0.2, 0.25) is 0 Å². The van der Waals surface area contributed by atoms with Crippen LogP contribution in [0.15, 0.2) is 42.5 Å². The van der Waals surface area contributed by atoms with Gasteiger partial charge in [0.15, 0.2) is 5.78 Å². The van der Waals surface area contributed by atoms with E-state index in [2.05, 4.69) is 10.2 Å². The number of ketones is 1. The summed E-state index contributed by atoms with van der Waals surface area (Å²) in [5, 5.41) is 12.7. The van der Waals surface area contributed by atoms with E-state index >= 15 is 0 Å². The summed E-state index contributed by atoms with van der Waals surface area (Å²) in [5.41, 5.74) is 2.57. The molecule has 0 bridgehead atoms. The third-order valence-electron chi connectivity index (χ3n) is 4.67. The maximum Gasteiger partial charge on any atom is 0.251 e. The zero-order valence-electron chi connectivity index (χ0n) is 15.4. The lowest BCUT2D eigenvalue weighted by molar-refractivity contribution is 0.0383. The van der Waals surface area contributed by atoms with Crippen molar-refractivity contribution in [2.45, 2.75) is 6.92 Å². The third kappa shape index (κ3) is 4.93. The minimum atomic E-state index is -0.189. The summed E-state index contributed by atoms with van der Waals surface area (Å²) in [6, 6.07) is 12.1. The zero-order chi connectivity index (χ0) is 19.2. The summed E-state index contributed by atoms with van der Waals surface area (Å²) in [7, 11) is 0. The van der Waals surface area contributed by atoms with E-state index in [0.29, 0.717) is 12.1 Å². The summed E-state index contributed by atoms with van der Waals surface area (Å²) >= 11 is 0. The molecule has 2 N–H and O–H groups in total. The van der Waals surface area contributed by atoms with Gasteiger partial charge in [0.1, 0.15) is 5.75 Å². The second-order valence-corrected chi connectivity index (χ2v) is 6.58. The molecule has 142 valence electrons. The minimum Gasteiger partial charge on any atom is -0.507 e. The van der Waals surface area contributed by atoms with Gasteiger partial charge in [-0.25, -0.2) is 0 Å². The van der Waals surface area contributed by atoms with Crippen molar-refractivity contribution in [2.75, 3.05) is 39.4 Å². The number of carbonyl (C=O) groups is 2. The molecule has 2 aromatic carbocycles. The quantitative estimate of drug-likeness (QED) is 0.765. The van der Waals surface area contributed by atoms with Crippen molar-refractivity contribution in [1.29, 1.82) is 0 Å². The normalized spacial score (nSPS) is 14.7. The number of hydrogen-bond donors (Lipinski definition) is 2. The molecular formula is C21H24N2O4. The van der Waals surface area contributed by atoms with E-state index in [-0.39, 0.29) is 23.0 Å². The second-order valence-electron chi connectivity index (χ2n) is 6.58. The smallest absolute Gasteiger partial charge is 0.251 e. The molecule has 0 saturated carbocycles. The highest BCUT2D eigenvalue weighted by molar-refractivity contribution is 5.98. The number of phenolic OH excluding ortho intramolecular Hbond substituents is 1. The van der Waals surface area contributed by atoms with Crippen LogP contribution in [-0.4, -0.2) is 61.1 Å². The van der Waals surface area contributed by atoms with Crippen molar-refractivity contribution in [3.05, 3.63) is 53.6 Å². The number of Topliss-reactive ketones (excluding diaryl/α,β-unsaturated/α-hetero) is 1. The first-order valence-electron chi connectivity index (χ1n) is 9.07. The van der Waals surface area contributed by atoms with Gasteiger partial charge in [-0.05, 0) is 42.3 Å². The summed E-state index contributed by atoms with van der Waals surface area (Å²) in [4.78, 5) is 26.1.